The second-order valence-corrected chi connectivity index (χ2v) is 6.70. The largest absolute Gasteiger partial charge is 0.496 e. The maximum atomic E-state index is 12.7. The first kappa shape index (κ1) is 23.5. The lowest BCUT2D eigenvalue weighted by molar-refractivity contribution is -0.139. The predicted molar refractivity (Wildman–Crippen MR) is 104 cm³/mol. The lowest BCUT2D eigenvalue weighted by Gasteiger charge is -2.32. The molecule has 1 heterocycles. The number of carbonyl (C=O) groups excluding carboxylic acids is 1. The van der Waals surface area contributed by atoms with Crippen molar-refractivity contribution >= 4 is 5.91 Å². The van der Waals surface area contributed by atoms with Crippen LogP contribution in [0.4, 0.5) is 13.2 Å². The summed E-state index contributed by atoms with van der Waals surface area (Å²) in [6.45, 7) is 3.59. The summed E-state index contributed by atoms with van der Waals surface area (Å²) in [7, 11) is 1.48. The van der Waals surface area contributed by atoms with Crippen LogP contribution < -0.4 is 9.47 Å². The van der Waals surface area contributed by atoms with Crippen molar-refractivity contribution in [3.63, 3.8) is 0 Å². The number of benzene rings is 1. The Labute approximate surface area is 173 Å². The molecule has 0 saturated carbocycles. The van der Waals surface area contributed by atoms with Crippen LogP contribution in [-0.2, 0) is 11.0 Å². The molecule has 1 amide bonds. The number of amides is 1. The highest BCUT2D eigenvalue weighted by molar-refractivity contribution is 5.78. The SMILES string of the molecule is CCCN(C(=O)COc1ccc(C(F)(F)F)cc1)C(C)C(O)c1cnccc1OC. The molecule has 0 aliphatic heterocycles. The van der Waals surface area contributed by atoms with Gasteiger partial charge in [-0.2, -0.15) is 13.2 Å². The summed E-state index contributed by atoms with van der Waals surface area (Å²) in [5, 5.41) is 10.8. The number of carbonyl (C=O) groups is 1. The number of nitrogens with zero attached hydrogens (tertiary/aromatic N) is 2. The molecule has 30 heavy (non-hydrogen) atoms. The van der Waals surface area contributed by atoms with Crippen molar-refractivity contribution in [2.45, 2.75) is 38.6 Å². The van der Waals surface area contributed by atoms with Gasteiger partial charge in [0.2, 0.25) is 0 Å². The zero-order valence-electron chi connectivity index (χ0n) is 17.0. The number of aliphatic hydroxyl groups is 1. The molecule has 2 rings (SSSR count). The molecule has 0 fully saturated rings. The Morgan fingerprint density at radius 2 is 1.90 bits per heavy atom. The van der Waals surface area contributed by atoms with Crippen LogP contribution in [0.3, 0.4) is 0 Å². The summed E-state index contributed by atoms with van der Waals surface area (Å²) in [5.41, 5.74) is -0.346. The first-order valence-electron chi connectivity index (χ1n) is 9.44. The standard InChI is InChI=1S/C21H25F3N2O4/c1-4-11-26(14(2)20(28)17-12-25-10-9-18(17)29-3)19(27)13-30-16-7-5-15(6-8-16)21(22,23)24/h5-10,12,14,20,28H,4,11,13H2,1-3H3. The number of methoxy groups -OCH3 is 1. The molecular weight excluding hydrogens is 401 g/mol. The fourth-order valence-corrected chi connectivity index (χ4v) is 3.00. The van der Waals surface area contributed by atoms with Crippen LogP contribution in [0.15, 0.2) is 42.7 Å². The van der Waals surface area contributed by atoms with Gasteiger partial charge in [-0.25, -0.2) is 0 Å². The fraction of sp³-hybridized carbons (Fsp3) is 0.429. The molecule has 0 bridgehead atoms. The highest BCUT2D eigenvalue weighted by Gasteiger charge is 2.31. The number of halogens is 3. The van der Waals surface area contributed by atoms with Crippen LogP contribution in [0.1, 0.15) is 37.5 Å². The third kappa shape index (κ3) is 5.85. The zero-order chi connectivity index (χ0) is 22.3. The smallest absolute Gasteiger partial charge is 0.416 e. The Kier molecular flexibility index (Phi) is 8.05. The van der Waals surface area contributed by atoms with Gasteiger partial charge in [0.05, 0.1) is 18.7 Å². The molecule has 164 valence electrons. The predicted octanol–water partition coefficient (Wildman–Crippen LogP) is 3.85. The van der Waals surface area contributed by atoms with Gasteiger partial charge >= 0.3 is 6.18 Å². The lowest BCUT2D eigenvalue weighted by atomic mass is 10.0. The molecule has 1 aromatic carbocycles. The quantitative estimate of drug-likeness (QED) is 0.660. The summed E-state index contributed by atoms with van der Waals surface area (Å²) in [6, 6.07) is 5.13. The monoisotopic (exact) mass is 426 g/mol. The summed E-state index contributed by atoms with van der Waals surface area (Å²) in [5.74, 6) is 0.204. The molecule has 1 aromatic heterocycles. The average molecular weight is 426 g/mol. The highest BCUT2D eigenvalue weighted by atomic mass is 19.4. The third-order valence-corrected chi connectivity index (χ3v) is 4.63. The molecule has 2 unspecified atom stereocenters. The van der Waals surface area contributed by atoms with Crippen molar-refractivity contribution < 1.29 is 32.5 Å². The molecule has 0 saturated heterocycles. The van der Waals surface area contributed by atoms with Crippen LogP contribution in [-0.4, -0.2) is 47.2 Å². The number of ether oxygens (including phenoxy) is 2. The number of alkyl halides is 3. The Morgan fingerprint density at radius 1 is 1.23 bits per heavy atom. The van der Waals surface area contributed by atoms with Gasteiger partial charge in [-0.15, -0.1) is 0 Å². The minimum absolute atomic E-state index is 0.148. The van der Waals surface area contributed by atoms with Gasteiger partial charge in [0, 0.05) is 24.5 Å². The molecule has 9 heteroatoms. The summed E-state index contributed by atoms with van der Waals surface area (Å²) < 4.78 is 48.5. The molecule has 1 N–H and O–H groups in total. The van der Waals surface area contributed by atoms with Gasteiger partial charge in [0.1, 0.15) is 17.6 Å². The Hall–Kier alpha value is -2.81. The summed E-state index contributed by atoms with van der Waals surface area (Å²) in [6.07, 6.45) is -1.83. The maximum absolute atomic E-state index is 12.7. The minimum Gasteiger partial charge on any atom is -0.496 e. The first-order valence-corrected chi connectivity index (χ1v) is 9.44. The first-order chi connectivity index (χ1) is 14.2. The van der Waals surface area contributed by atoms with E-state index >= 15 is 0 Å². The summed E-state index contributed by atoms with van der Waals surface area (Å²) >= 11 is 0. The molecule has 2 atom stereocenters. The van der Waals surface area contributed by atoms with E-state index in [4.69, 9.17) is 9.47 Å². The van der Waals surface area contributed by atoms with Crippen LogP contribution in [0.25, 0.3) is 0 Å². The van der Waals surface area contributed by atoms with Crippen molar-refractivity contribution in [2.24, 2.45) is 0 Å². The van der Waals surface area contributed by atoms with E-state index in [1.54, 1.807) is 13.0 Å². The average Bonchev–Trinajstić information content (AvgIpc) is 2.74. The highest BCUT2D eigenvalue weighted by Crippen LogP contribution is 2.31. The van der Waals surface area contributed by atoms with Crippen LogP contribution in [0.2, 0.25) is 0 Å². The number of hydrogen-bond donors (Lipinski definition) is 1. The third-order valence-electron chi connectivity index (χ3n) is 4.63. The second-order valence-electron chi connectivity index (χ2n) is 6.70. The topological polar surface area (TPSA) is 71.9 Å². The van der Waals surface area contributed by atoms with Crippen molar-refractivity contribution in [1.82, 2.24) is 9.88 Å². The van der Waals surface area contributed by atoms with Crippen LogP contribution in [0, 0.1) is 0 Å². The van der Waals surface area contributed by atoms with Crippen LogP contribution >= 0.6 is 0 Å². The van der Waals surface area contributed by atoms with Gasteiger partial charge in [0.25, 0.3) is 5.91 Å². The lowest BCUT2D eigenvalue weighted by Crippen LogP contribution is -2.44. The molecule has 0 aliphatic rings. The van der Waals surface area contributed by atoms with E-state index in [0.29, 0.717) is 24.3 Å². The minimum atomic E-state index is -4.44. The molecule has 0 aliphatic carbocycles. The van der Waals surface area contributed by atoms with Gasteiger partial charge in [-0.05, 0) is 43.7 Å². The van der Waals surface area contributed by atoms with Gasteiger partial charge in [-0.3, -0.25) is 9.78 Å². The molecular formula is C21H25F3N2O4. The van der Waals surface area contributed by atoms with E-state index in [2.05, 4.69) is 4.98 Å². The van der Waals surface area contributed by atoms with E-state index in [1.165, 1.54) is 36.5 Å². The van der Waals surface area contributed by atoms with Gasteiger partial charge in [0.15, 0.2) is 6.61 Å². The van der Waals surface area contributed by atoms with E-state index in [1.807, 2.05) is 6.92 Å². The number of aliphatic hydroxyl groups excluding tert-OH is 1. The van der Waals surface area contributed by atoms with Crippen molar-refractivity contribution in [3.8, 4) is 11.5 Å². The normalized spacial score (nSPS) is 13.4. The van der Waals surface area contributed by atoms with E-state index < -0.39 is 29.8 Å². The van der Waals surface area contributed by atoms with Crippen molar-refractivity contribution in [2.75, 3.05) is 20.3 Å². The van der Waals surface area contributed by atoms with E-state index in [9.17, 15) is 23.1 Å². The van der Waals surface area contributed by atoms with Crippen molar-refractivity contribution in [1.29, 1.82) is 0 Å². The Balaban J connectivity index is 2.08. The van der Waals surface area contributed by atoms with Gasteiger partial charge in [-0.1, -0.05) is 6.92 Å². The number of rotatable bonds is 9. The molecule has 6 nitrogen and oxygen atoms in total. The number of pyridine rings is 1. The second kappa shape index (κ2) is 10.3. The zero-order valence-corrected chi connectivity index (χ0v) is 17.0. The number of hydrogen-bond acceptors (Lipinski definition) is 5. The maximum Gasteiger partial charge on any atom is 0.416 e. The summed E-state index contributed by atoms with van der Waals surface area (Å²) in [4.78, 5) is 18.2. The Morgan fingerprint density at radius 3 is 2.47 bits per heavy atom. The fourth-order valence-electron chi connectivity index (χ4n) is 3.00. The van der Waals surface area contributed by atoms with Gasteiger partial charge < -0.3 is 19.5 Å². The molecule has 2 aromatic rings. The number of aromatic nitrogens is 1. The van der Waals surface area contributed by atoms with Crippen LogP contribution in [0.5, 0.6) is 11.5 Å². The van der Waals surface area contributed by atoms with E-state index in [0.717, 1.165) is 12.1 Å². The van der Waals surface area contributed by atoms with Crippen molar-refractivity contribution in [3.05, 3.63) is 53.9 Å². The Bertz CT molecular complexity index is 828. The molecule has 0 radical (unpaired) electrons. The van der Waals surface area contributed by atoms with E-state index in [-0.39, 0.29) is 12.4 Å². The molecule has 0 spiro atoms.